The first-order chi connectivity index (χ1) is 13.6. The van der Waals surface area contributed by atoms with Gasteiger partial charge in [0.1, 0.15) is 11.3 Å². The van der Waals surface area contributed by atoms with Gasteiger partial charge in [-0.3, -0.25) is 4.79 Å². The molecule has 1 aromatic carbocycles. The molecule has 0 bridgehead atoms. The summed E-state index contributed by atoms with van der Waals surface area (Å²) < 4.78 is 1.66. The van der Waals surface area contributed by atoms with Gasteiger partial charge in [-0.05, 0) is 56.2 Å². The molecule has 4 aromatic rings. The minimum Gasteiger partial charge on any atom is -0.322 e. The minimum atomic E-state index is -0.262. The number of hydrogen-bond acceptors (Lipinski definition) is 4. The molecule has 0 aliphatic carbocycles. The van der Waals surface area contributed by atoms with Crippen LogP contribution in [0.15, 0.2) is 60.9 Å². The van der Waals surface area contributed by atoms with Gasteiger partial charge in [-0.1, -0.05) is 18.1 Å². The Morgan fingerprint density at radius 1 is 1.07 bits per heavy atom. The first-order valence-corrected chi connectivity index (χ1v) is 8.76. The second-order valence-electron chi connectivity index (χ2n) is 6.33. The van der Waals surface area contributed by atoms with Crippen LogP contribution in [-0.2, 0) is 0 Å². The smallest absolute Gasteiger partial charge is 0.261 e. The van der Waals surface area contributed by atoms with Crippen LogP contribution in [0.2, 0.25) is 0 Å². The average molecular weight is 367 g/mol. The molecular formula is C22H17N5O. The van der Waals surface area contributed by atoms with Crippen molar-refractivity contribution in [1.82, 2.24) is 19.6 Å². The van der Waals surface area contributed by atoms with Crippen molar-refractivity contribution < 1.29 is 4.79 Å². The summed E-state index contributed by atoms with van der Waals surface area (Å²) >= 11 is 0. The number of carbonyl (C=O) groups excluding carboxylic acids is 1. The van der Waals surface area contributed by atoms with Gasteiger partial charge in [0, 0.05) is 28.8 Å². The van der Waals surface area contributed by atoms with E-state index in [1.54, 1.807) is 10.7 Å². The van der Waals surface area contributed by atoms with E-state index in [1.807, 2.05) is 62.4 Å². The third kappa shape index (κ3) is 3.60. The molecule has 0 saturated carbocycles. The highest BCUT2D eigenvalue weighted by molar-refractivity contribution is 6.08. The third-order valence-electron chi connectivity index (χ3n) is 4.14. The first kappa shape index (κ1) is 17.4. The Labute approximate surface area is 162 Å². The fraction of sp³-hybridized carbons (Fsp3) is 0.0909. The zero-order valence-electron chi connectivity index (χ0n) is 15.5. The van der Waals surface area contributed by atoms with Crippen molar-refractivity contribution in [1.29, 1.82) is 0 Å². The van der Waals surface area contributed by atoms with Crippen LogP contribution in [-0.4, -0.2) is 25.5 Å². The first-order valence-electron chi connectivity index (χ1n) is 8.76. The van der Waals surface area contributed by atoms with Gasteiger partial charge in [0.05, 0.1) is 6.20 Å². The summed E-state index contributed by atoms with van der Waals surface area (Å²) in [4.78, 5) is 21.4. The number of aromatic nitrogens is 4. The van der Waals surface area contributed by atoms with E-state index < -0.39 is 0 Å². The number of nitrogens with zero attached hydrogens (tertiary/aromatic N) is 4. The number of fused-ring (bicyclic) bond motifs is 1. The number of anilines is 1. The molecule has 6 heteroatoms. The normalized spacial score (nSPS) is 10.4. The van der Waals surface area contributed by atoms with E-state index in [4.69, 9.17) is 0 Å². The predicted molar refractivity (Wildman–Crippen MR) is 107 cm³/mol. The lowest BCUT2D eigenvalue weighted by Crippen LogP contribution is -2.12. The number of aryl methyl sites for hydroxylation is 2. The molecule has 28 heavy (non-hydrogen) atoms. The molecule has 1 N–H and O–H groups in total. The molecule has 0 spiro atoms. The van der Waals surface area contributed by atoms with E-state index in [9.17, 15) is 4.79 Å². The molecule has 0 atom stereocenters. The zero-order valence-corrected chi connectivity index (χ0v) is 15.5. The second kappa shape index (κ2) is 7.33. The quantitative estimate of drug-likeness (QED) is 0.551. The molecule has 3 heterocycles. The van der Waals surface area contributed by atoms with Crippen LogP contribution < -0.4 is 5.32 Å². The summed E-state index contributed by atoms with van der Waals surface area (Å²) in [6.07, 6.45) is 3.24. The molecule has 0 fully saturated rings. The molecule has 0 aliphatic heterocycles. The molecule has 0 saturated heterocycles. The van der Waals surface area contributed by atoms with Gasteiger partial charge in [0.2, 0.25) is 0 Å². The van der Waals surface area contributed by atoms with Crippen molar-refractivity contribution in [3.63, 3.8) is 0 Å². The summed E-state index contributed by atoms with van der Waals surface area (Å²) in [5.74, 6) is 5.81. The SMILES string of the molecule is Cc1cc(C)n2ncc(C(=O)Nc3cccc(C#Cc4ccccn4)c3)c2n1. The van der Waals surface area contributed by atoms with Crippen LogP contribution >= 0.6 is 0 Å². The summed E-state index contributed by atoms with van der Waals surface area (Å²) in [6.45, 7) is 3.82. The Kier molecular flexibility index (Phi) is 4.56. The van der Waals surface area contributed by atoms with Gasteiger partial charge in [0.25, 0.3) is 5.91 Å². The third-order valence-corrected chi connectivity index (χ3v) is 4.14. The summed E-state index contributed by atoms with van der Waals surface area (Å²) in [7, 11) is 0. The number of benzene rings is 1. The van der Waals surface area contributed by atoms with Crippen molar-refractivity contribution >= 4 is 17.2 Å². The number of pyridine rings is 1. The number of rotatable bonds is 2. The standard InChI is InChI=1S/C22H17N5O/c1-15-12-16(2)27-21(25-15)20(14-24-27)22(28)26-19-8-5-6-17(13-19)9-10-18-7-3-4-11-23-18/h3-8,11-14H,1-2H3,(H,26,28). The molecule has 4 rings (SSSR count). The average Bonchev–Trinajstić information content (AvgIpc) is 3.12. The van der Waals surface area contributed by atoms with E-state index in [0.29, 0.717) is 22.6 Å². The largest absolute Gasteiger partial charge is 0.322 e. The Morgan fingerprint density at radius 3 is 2.79 bits per heavy atom. The highest BCUT2D eigenvalue weighted by atomic mass is 16.1. The Bertz CT molecular complexity index is 1230. The van der Waals surface area contributed by atoms with Gasteiger partial charge < -0.3 is 5.32 Å². The van der Waals surface area contributed by atoms with E-state index >= 15 is 0 Å². The summed E-state index contributed by atoms with van der Waals surface area (Å²) in [6, 6.07) is 14.9. The molecule has 1 amide bonds. The Hall–Kier alpha value is -3.98. The number of amides is 1. The maximum atomic E-state index is 12.8. The molecule has 0 unspecified atom stereocenters. The number of nitrogens with one attached hydrogen (secondary N) is 1. The number of hydrogen-bond donors (Lipinski definition) is 1. The topological polar surface area (TPSA) is 72.2 Å². The van der Waals surface area contributed by atoms with Gasteiger partial charge in [-0.25, -0.2) is 14.5 Å². The lowest BCUT2D eigenvalue weighted by Gasteiger charge is -2.05. The maximum absolute atomic E-state index is 12.8. The van der Waals surface area contributed by atoms with Crippen molar-refractivity contribution in [3.8, 4) is 11.8 Å². The van der Waals surface area contributed by atoms with Gasteiger partial charge >= 0.3 is 0 Å². The van der Waals surface area contributed by atoms with E-state index in [-0.39, 0.29) is 5.91 Å². The molecule has 136 valence electrons. The van der Waals surface area contributed by atoms with Crippen LogP contribution in [0.4, 0.5) is 5.69 Å². The minimum absolute atomic E-state index is 0.262. The van der Waals surface area contributed by atoms with E-state index in [2.05, 4.69) is 32.2 Å². The summed E-state index contributed by atoms with van der Waals surface area (Å²) in [5.41, 5.74) is 4.87. The van der Waals surface area contributed by atoms with Crippen LogP contribution in [0.5, 0.6) is 0 Å². The van der Waals surface area contributed by atoms with Crippen LogP contribution in [0.25, 0.3) is 5.65 Å². The molecule has 0 radical (unpaired) electrons. The highest BCUT2D eigenvalue weighted by Crippen LogP contribution is 2.16. The molecule has 6 nitrogen and oxygen atoms in total. The zero-order chi connectivity index (χ0) is 19.5. The van der Waals surface area contributed by atoms with Crippen molar-refractivity contribution in [2.24, 2.45) is 0 Å². The molecular weight excluding hydrogens is 350 g/mol. The van der Waals surface area contributed by atoms with Gasteiger partial charge in [-0.15, -0.1) is 0 Å². The van der Waals surface area contributed by atoms with Gasteiger partial charge in [0.15, 0.2) is 5.65 Å². The van der Waals surface area contributed by atoms with E-state index in [1.165, 1.54) is 6.20 Å². The lowest BCUT2D eigenvalue weighted by atomic mass is 10.2. The second-order valence-corrected chi connectivity index (χ2v) is 6.33. The van der Waals surface area contributed by atoms with Crippen molar-refractivity contribution in [2.75, 3.05) is 5.32 Å². The van der Waals surface area contributed by atoms with Gasteiger partial charge in [-0.2, -0.15) is 5.10 Å². The fourth-order valence-corrected chi connectivity index (χ4v) is 2.88. The van der Waals surface area contributed by atoms with Crippen molar-refractivity contribution in [2.45, 2.75) is 13.8 Å². The Balaban J connectivity index is 1.58. The van der Waals surface area contributed by atoms with Crippen LogP contribution in [0.3, 0.4) is 0 Å². The fourth-order valence-electron chi connectivity index (χ4n) is 2.88. The predicted octanol–water partition coefficient (Wildman–Crippen LogP) is 3.39. The van der Waals surface area contributed by atoms with Crippen LogP contribution in [0.1, 0.15) is 33.0 Å². The highest BCUT2D eigenvalue weighted by Gasteiger charge is 2.15. The lowest BCUT2D eigenvalue weighted by molar-refractivity contribution is 0.102. The monoisotopic (exact) mass is 367 g/mol. The summed E-state index contributed by atoms with van der Waals surface area (Å²) in [5, 5.41) is 7.16. The number of carbonyl (C=O) groups is 1. The van der Waals surface area contributed by atoms with Crippen molar-refractivity contribution in [3.05, 3.63) is 89.1 Å². The molecule has 3 aromatic heterocycles. The van der Waals surface area contributed by atoms with Crippen LogP contribution in [0, 0.1) is 25.7 Å². The Morgan fingerprint density at radius 2 is 1.96 bits per heavy atom. The maximum Gasteiger partial charge on any atom is 0.261 e. The molecule has 0 aliphatic rings. The van der Waals surface area contributed by atoms with E-state index in [0.717, 1.165) is 17.0 Å².